The van der Waals surface area contributed by atoms with Crippen LogP contribution in [0.4, 0.5) is 0 Å². The van der Waals surface area contributed by atoms with Gasteiger partial charge in [-0.1, -0.05) is 74.5 Å². The minimum Gasteiger partial charge on any atom is -0.379 e. The molecule has 32 heavy (non-hydrogen) atoms. The zero-order valence-corrected chi connectivity index (χ0v) is 19.4. The molecular weight excluding hydrogens is 448 g/mol. The molecule has 3 rings (SSSR count). The first kappa shape index (κ1) is 23.7. The highest BCUT2D eigenvalue weighted by Crippen LogP contribution is 2.29. The van der Waals surface area contributed by atoms with Gasteiger partial charge in [0, 0.05) is 0 Å². The summed E-state index contributed by atoms with van der Waals surface area (Å²) in [5, 5.41) is 0. The highest BCUT2D eigenvalue weighted by atomic mass is 32.2. The van der Waals surface area contributed by atoms with Crippen molar-refractivity contribution in [3.8, 4) is 5.75 Å². The van der Waals surface area contributed by atoms with Crippen LogP contribution in [-0.2, 0) is 33.1 Å². The van der Waals surface area contributed by atoms with Crippen molar-refractivity contribution in [1.82, 2.24) is 0 Å². The first-order valence-electron chi connectivity index (χ1n) is 10.1. The van der Waals surface area contributed by atoms with E-state index in [1.807, 2.05) is 19.9 Å². The SMILES string of the molecule is CCc1cccc(OS(=O)(=O)c2ccccc2/C=C/c2ccccc2S(=O)(=O)O)c1CC. The van der Waals surface area contributed by atoms with E-state index in [0.29, 0.717) is 17.7 Å². The maximum Gasteiger partial charge on any atom is 0.339 e. The quantitative estimate of drug-likeness (QED) is 0.282. The van der Waals surface area contributed by atoms with E-state index in [1.165, 1.54) is 36.4 Å². The van der Waals surface area contributed by atoms with Gasteiger partial charge in [-0.15, -0.1) is 0 Å². The zero-order valence-electron chi connectivity index (χ0n) is 17.7. The van der Waals surface area contributed by atoms with Crippen LogP contribution in [0.3, 0.4) is 0 Å². The molecule has 0 bridgehead atoms. The number of aryl methyl sites for hydroxylation is 1. The highest BCUT2D eigenvalue weighted by molar-refractivity contribution is 7.87. The fraction of sp³-hybridized carbons (Fsp3) is 0.167. The number of hydrogen-bond donors (Lipinski definition) is 1. The summed E-state index contributed by atoms with van der Waals surface area (Å²) in [5.41, 5.74) is 2.42. The van der Waals surface area contributed by atoms with Crippen molar-refractivity contribution in [3.63, 3.8) is 0 Å². The topological polar surface area (TPSA) is 97.7 Å². The predicted octanol–water partition coefficient (Wildman–Crippen LogP) is 5.00. The first-order chi connectivity index (χ1) is 15.2. The van der Waals surface area contributed by atoms with Gasteiger partial charge < -0.3 is 4.18 Å². The van der Waals surface area contributed by atoms with Crippen molar-refractivity contribution in [1.29, 1.82) is 0 Å². The maximum absolute atomic E-state index is 13.1. The fourth-order valence-corrected chi connectivity index (χ4v) is 5.30. The molecule has 0 saturated carbocycles. The van der Waals surface area contributed by atoms with E-state index in [2.05, 4.69) is 0 Å². The Morgan fingerprint density at radius 1 is 0.750 bits per heavy atom. The summed E-state index contributed by atoms with van der Waals surface area (Å²) in [6.45, 7) is 3.94. The Balaban J connectivity index is 2.02. The second-order valence-corrected chi connectivity index (χ2v) is 9.93. The average Bonchev–Trinajstić information content (AvgIpc) is 2.77. The molecule has 0 unspecified atom stereocenters. The van der Waals surface area contributed by atoms with E-state index < -0.39 is 20.2 Å². The molecule has 0 aliphatic carbocycles. The largest absolute Gasteiger partial charge is 0.379 e. The number of hydrogen-bond acceptors (Lipinski definition) is 5. The lowest BCUT2D eigenvalue weighted by Crippen LogP contribution is -2.13. The van der Waals surface area contributed by atoms with Crippen molar-refractivity contribution < 1.29 is 25.6 Å². The van der Waals surface area contributed by atoms with Gasteiger partial charge in [-0.05, 0) is 53.3 Å². The lowest BCUT2D eigenvalue weighted by atomic mass is 10.0. The fourth-order valence-electron chi connectivity index (χ4n) is 3.46. The van der Waals surface area contributed by atoms with E-state index >= 15 is 0 Å². The molecule has 168 valence electrons. The Morgan fingerprint density at radius 3 is 1.88 bits per heavy atom. The van der Waals surface area contributed by atoms with Crippen molar-refractivity contribution in [2.75, 3.05) is 0 Å². The Hall–Kier alpha value is -2.94. The molecule has 3 aromatic carbocycles. The third-order valence-electron chi connectivity index (χ3n) is 4.99. The van der Waals surface area contributed by atoms with Crippen LogP contribution in [0.15, 0.2) is 76.5 Å². The molecule has 0 heterocycles. The van der Waals surface area contributed by atoms with Crippen molar-refractivity contribution >= 4 is 32.4 Å². The summed E-state index contributed by atoms with van der Waals surface area (Å²) in [6.07, 6.45) is 4.30. The van der Waals surface area contributed by atoms with Gasteiger partial charge in [0.1, 0.15) is 15.5 Å². The van der Waals surface area contributed by atoms with E-state index in [0.717, 1.165) is 17.5 Å². The molecule has 3 aromatic rings. The molecule has 0 spiro atoms. The summed E-state index contributed by atoms with van der Waals surface area (Å²) < 4.78 is 64.5. The Labute approximate surface area is 189 Å². The molecule has 0 fully saturated rings. The summed E-state index contributed by atoms with van der Waals surface area (Å²) in [6, 6.07) is 17.5. The summed E-state index contributed by atoms with van der Waals surface area (Å²) in [4.78, 5) is -0.318. The third-order valence-corrected chi connectivity index (χ3v) is 7.23. The lowest BCUT2D eigenvalue weighted by molar-refractivity contribution is 0.480. The van der Waals surface area contributed by atoms with E-state index in [4.69, 9.17) is 4.18 Å². The Kier molecular flexibility index (Phi) is 7.18. The van der Waals surface area contributed by atoms with Gasteiger partial charge in [0.25, 0.3) is 10.1 Å². The minimum absolute atomic E-state index is 0.0514. The second-order valence-electron chi connectivity index (χ2n) is 7.02. The number of benzene rings is 3. The van der Waals surface area contributed by atoms with Gasteiger partial charge in [0.05, 0.1) is 0 Å². The van der Waals surface area contributed by atoms with Crippen LogP contribution >= 0.6 is 0 Å². The average molecular weight is 473 g/mol. The van der Waals surface area contributed by atoms with Gasteiger partial charge >= 0.3 is 10.1 Å². The van der Waals surface area contributed by atoms with Crippen LogP contribution in [0, 0.1) is 0 Å². The molecule has 1 N–H and O–H groups in total. The van der Waals surface area contributed by atoms with E-state index in [-0.39, 0.29) is 15.4 Å². The summed E-state index contributed by atoms with van der Waals surface area (Å²) >= 11 is 0. The van der Waals surface area contributed by atoms with Crippen LogP contribution in [-0.4, -0.2) is 21.4 Å². The van der Waals surface area contributed by atoms with Crippen molar-refractivity contribution in [3.05, 3.63) is 89.0 Å². The summed E-state index contributed by atoms with van der Waals surface area (Å²) in [5.74, 6) is 0.294. The summed E-state index contributed by atoms with van der Waals surface area (Å²) in [7, 11) is -8.59. The molecule has 0 radical (unpaired) electrons. The number of rotatable bonds is 8. The molecule has 0 atom stereocenters. The van der Waals surface area contributed by atoms with Gasteiger partial charge in [-0.3, -0.25) is 4.55 Å². The molecule has 0 aromatic heterocycles. The molecule has 0 amide bonds. The zero-order chi connectivity index (χ0) is 23.4. The highest BCUT2D eigenvalue weighted by Gasteiger charge is 2.22. The van der Waals surface area contributed by atoms with Crippen molar-refractivity contribution in [2.45, 2.75) is 36.5 Å². The van der Waals surface area contributed by atoms with Gasteiger partial charge in [0.2, 0.25) is 0 Å². The van der Waals surface area contributed by atoms with E-state index in [9.17, 15) is 21.4 Å². The smallest absolute Gasteiger partial charge is 0.339 e. The Bertz CT molecular complexity index is 1360. The molecule has 6 nitrogen and oxygen atoms in total. The van der Waals surface area contributed by atoms with Crippen LogP contribution in [0.1, 0.15) is 36.1 Å². The van der Waals surface area contributed by atoms with Crippen LogP contribution in [0.5, 0.6) is 5.75 Å². The minimum atomic E-state index is -4.43. The van der Waals surface area contributed by atoms with Gasteiger partial charge in [0.15, 0.2) is 0 Å². The molecule has 8 heteroatoms. The Morgan fingerprint density at radius 2 is 1.31 bits per heavy atom. The van der Waals surface area contributed by atoms with Crippen LogP contribution in [0.2, 0.25) is 0 Å². The van der Waals surface area contributed by atoms with Gasteiger partial charge in [-0.25, -0.2) is 0 Å². The standard InChI is InChI=1S/C24H24O6S2/c1-3-18-12-9-13-22(21(18)4-2)30-32(28,29)24-15-8-6-11-20(24)17-16-19-10-5-7-14-23(19)31(25,26)27/h5-17H,3-4H2,1-2H3,(H,25,26,27)/b17-16+. The van der Waals surface area contributed by atoms with Gasteiger partial charge in [-0.2, -0.15) is 16.8 Å². The maximum atomic E-state index is 13.1. The molecule has 0 aliphatic heterocycles. The molecule has 0 aliphatic rings. The molecular formula is C24H24O6S2. The van der Waals surface area contributed by atoms with Crippen LogP contribution in [0.25, 0.3) is 12.2 Å². The monoisotopic (exact) mass is 472 g/mol. The molecule has 0 saturated heterocycles. The first-order valence-corrected chi connectivity index (χ1v) is 12.9. The van der Waals surface area contributed by atoms with Crippen molar-refractivity contribution in [2.24, 2.45) is 0 Å². The normalized spacial score (nSPS) is 12.2. The van der Waals surface area contributed by atoms with E-state index in [1.54, 1.807) is 36.4 Å². The van der Waals surface area contributed by atoms with Crippen LogP contribution < -0.4 is 4.18 Å². The third kappa shape index (κ3) is 5.27. The second kappa shape index (κ2) is 9.68. The lowest BCUT2D eigenvalue weighted by Gasteiger charge is -2.14. The predicted molar refractivity (Wildman–Crippen MR) is 125 cm³/mol.